The van der Waals surface area contributed by atoms with E-state index in [0.29, 0.717) is 5.54 Å². The summed E-state index contributed by atoms with van der Waals surface area (Å²) in [5, 5.41) is 9.21. The van der Waals surface area contributed by atoms with Crippen molar-refractivity contribution in [3.63, 3.8) is 0 Å². The Balaban J connectivity index is 1.67. The molecule has 2 aliphatic rings. The molecule has 4 heteroatoms. The second-order valence-corrected chi connectivity index (χ2v) is 7.17. The maximum Gasteiger partial charge on any atom is 0.157 e. The molecule has 18 heavy (non-hydrogen) atoms. The fourth-order valence-electron chi connectivity index (χ4n) is 2.84. The van der Waals surface area contributed by atoms with Crippen molar-refractivity contribution in [3.05, 3.63) is 22.4 Å². The maximum atomic E-state index is 4.84. The summed E-state index contributed by atoms with van der Waals surface area (Å²) in [5.74, 6) is 1.21. The monoisotopic (exact) mass is 280 g/mol. The number of nitrogens with zero attached hydrogens (tertiary/aromatic N) is 1. The zero-order chi connectivity index (χ0) is 12.4. The molecule has 1 aromatic heterocycles. The van der Waals surface area contributed by atoms with Gasteiger partial charge in [-0.15, -0.1) is 0 Å². The van der Waals surface area contributed by atoms with E-state index in [-0.39, 0.29) is 6.04 Å². The molecule has 2 heterocycles. The van der Waals surface area contributed by atoms with E-state index in [4.69, 9.17) is 4.99 Å². The average molecular weight is 280 g/mol. The van der Waals surface area contributed by atoms with Crippen LogP contribution in [0.15, 0.2) is 21.8 Å². The molecule has 1 aliphatic heterocycles. The lowest BCUT2D eigenvalue weighted by Crippen LogP contribution is -2.45. The van der Waals surface area contributed by atoms with Gasteiger partial charge in [-0.3, -0.25) is 4.99 Å². The standard InChI is InChI=1S/C14H20N2S2/c1-11(12-5-8-17-9-12)15-13-16-14(10-18-13)6-3-2-4-7-14/h5,8-9,11H,2-4,6-7,10H2,1H3,(H,15,16). The number of nitrogens with one attached hydrogen (secondary N) is 1. The van der Waals surface area contributed by atoms with E-state index in [1.54, 1.807) is 11.3 Å². The Hall–Kier alpha value is -0.480. The van der Waals surface area contributed by atoms with Crippen LogP contribution in [0.3, 0.4) is 0 Å². The summed E-state index contributed by atoms with van der Waals surface area (Å²) in [6, 6.07) is 2.46. The molecule has 2 fully saturated rings. The first kappa shape index (κ1) is 12.5. The van der Waals surface area contributed by atoms with Crippen molar-refractivity contribution in [2.45, 2.75) is 50.6 Å². The first-order valence-electron chi connectivity index (χ1n) is 6.78. The highest BCUT2D eigenvalue weighted by Gasteiger charge is 2.38. The largest absolute Gasteiger partial charge is 0.359 e. The van der Waals surface area contributed by atoms with Crippen molar-refractivity contribution in [2.75, 3.05) is 5.75 Å². The molecule has 0 bridgehead atoms. The van der Waals surface area contributed by atoms with Gasteiger partial charge in [-0.2, -0.15) is 11.3 Å². The predicted octanol–water partition coefficient (Wildman–Crippen LogP) is 4.20. The third-order valence-corrected chi connectivity index (χ3v) is 5.88. The summed E-state index contributed by atoms with van der Waals surface area (Å²) in [6.07, 6.45) is 6.81. The molecule has 1 saturated carbocycles. The smallest absolute Gasteiger partial charge is 0.157 e. The maximum absolute atomic E-state index is 4.84. The van der Waals surface area contributed by atoms with Crippen LogP contribution >= 0.6 is 23.1 Å². The van der Waals surface area contributed by atoms with Crippen LogP contribution in [0.5, 0.6) is 0 Å². The average Bonchev–Trinajstić information content (AvgIpc) is 3.01. The summed E-state index contributed by atoms with van der Waals surface area (Å²) in [7, 11) is 0. The molecule has 1 saturated heterocycles. The van der Waals surface area contributed by atoms with Gasteiger partial charge >= 0.3 is 0 Å². The van der Waals surface area contributed by atoms with Gasteiger partial charge < -0.3 is 5.32 Å². The molecular formula is C14H20N2S2. The van der Waals surface area contributed by atoms with Crippen molar-refractivity contribution in [1.29, 1.82) is 0 Å². The van der Waals surface area contributed by atoms with E-state index in [0.717, 1.165) is 5.17 Å². The summed E-state index contributed by atoms with van der Waals surface area (Å²) >= 11 is 3.67. The van der Waals surface area contributed by atoms with Crippen molar-refractivity contribution >= 4 is 28.3 Å². The minimum Gasteiger partial charge on any atom is -0.359 e. The number of aliphatic imine (C=N–C) groups is 1. The zero-order valence-electron chi connectivity index (χ0n) is 10.8. The molecule has 0 radical (unpaired) electrons. The topological polar surface area (TPSA) is 24.4 Å². The Bertz CT molecular complexity index is 419. The van der Waals surface area contributed by atoms with Gasteiger partial charge in [0.2, 0.25) is 0 Å². The molecule has 2 nitrogen and oxygen atoms in total. The van der Waals surface area contributed by atoms with Gasteiger partial charge in [0.1, 0.15) is 0 Å². The molecule has 3 rings (SSSR count). The van der Waals surface area contributed by atoms with Crippen LogP contribution in [0.1, 0.15) is 50.6 Å². The highest BCUT2D eigenvalue weighted by molar-refractivity contribution is 8.14. The Morgan fingerprint density at radius 2 is 2.17 bits per heavy atom. The van der Waals surface area contributed by atoms with Crippen LogP contribution in [-0.2, 0) is 0 Å². The zero-order valence-corrected chi connectivity index (χ0v) is 12.4. The second-order valence-electron chi connectivity index (χ2n) is 5.42. The third-order valence-electron chi connectivity index (χ3n) is 4.00. The first-order valence-corrected chi connectivity index (χ1v) is 8.71. The molecule has 98 valence electrons. The number of hydrogen-bond donors (Lipinski definition) is 1. The van der Waals surface area contributed by atoms with Crippen LogP contribution < -0.4 is 5.32 Å². The number of amidine groups is 1. The predicted molar refractivity (Wildman–Crippen MR) is 81.6 cm³/mol. The molecular weight excluding hydrogens is 260 g/mol. The summed E-state index contributed by atoms with van der Waals surface area (Å²) in [4.78, 5) is 4.84. The van der Waals surface area contributed by atoms with Crippen molar-refractivity contribution in [3.8, 4) is 0 Å². The summed E-state index contributed by atoms with van der Waals surface area (Å²) < 4.78 is 0. The van der Waals surface area contributed by atoms with E-state index in [1.165, 1.54) is 43.4 Å². The Kier molecular flexibility index (Phi) is 3.66. The molecule has 0 amide bonds. The molecule has 0 aromatic carbocycles. The van der Waals surface area contributed by atoms with Gasteiger partial charge in [-0.05, 0) is 42.2 Å². The lowest BCUT2D eigenvalue weighted by molar-refractivity contribution is 0.303. The summed E-state index contributed by atoms with van der Waals surface area (Å²) in [5.41, 5.74) is 1.70. The Morgan fingerprint density at radius 1 is 1.33 bits per heavy atom. The van der Waals surface area contributed by atoms with E-state index < -0.39 is 0 Å². The number of thiophene rings is 1. The quantitative estimate of drug-likeness (QED) is 0.878. The number of rotatable bonds is 2. The van der Waals surface area contributed by atoms with E-state index in [9.17, 15) is 0 Å². The van der Waals surface area contributed by atoms with Gasteiger partial charge in [-0.25, -0.2) is 0 Å². The van der Waals surface area contributed by atoms with Crippen molar-refractivity contribution < 1.29 is 0 Å². The SMILES string of the molecule is CC(N=C1NC2(CCCCC2)CS1)c1ccsc1. The van der Waals surface area contributed by atoms with E-state index in [2.05, 4.69) is 29.1 Å². The van der Waals surface area contributed by atoms with Crippen molar-refractivity contribution in [2.24, 2.45) is 4.99 Å². The van der Waals surface area contributed by atoms with Gasteiger partial charge in [0.05, 0.1) is 6.04 Å². The van der Waals surface area contributed by atoms with Gasteiger partial charge in [0.15, 0.2) is 5.17 Å². The Morgan fingerprint density at radius 3 is 2.89 bits per heavy atom. The Labute approximate surface area is 117 Å². The highest BCUT2D eigenvalue weighted by Crippen LogP contribution is 2.36. The minimum atomic E-state index is 0.282. The van der Waals surface area contributed by atoms with E-state index >= 15 is 0 Å². The van der Waals surface area contributed by atoms with Gasteiger partial charge in [0, 0.05) is 11.3 Å². The van der Waals surface area contributed by atoms with Crippen LogP contribution in [-0.4, -0.2) is 16.5 Å². The molecule has 1 atom stereocenters. The van der Waals surface area contributed by atoms with Crippen LogP contribution in [0, 0.1) is 0 Å². The minimum absolute atomic E-state index is 0.282. The second kappa shape index (κ2) is 5.25. The highest BCUT2D eigenvalue weighted by atomic mass is 32.2. The molecule has 1 aliphatic carbocycles. The van der Waals surface area contributed by atoms with Crippen LogP contribution in [0.25, 0.3) is 0 Å². The van der Waals surface area contributed by atoms with Crippen LogP contribution in [0.2, 0.25) is 0 Å². The molecule has 1 aromatic rings. The lowest BCUT2D eigenvalue weighted by Gasteiger charge is -2.32. The van der Waals surface area contributed by atoms with Gasteiger partial charge in [0.25, 0.3) is 0 Å². The third kappa shape index (κ3) is 2.59. The van der Waals surface area contributed by atoms with E-state index in [1.807, 2.05) is 11.8 Å². The molecule has 1 unspecified atom stereocenters. The first-order chi connectivity index (χ1) is 8.77. The van der Waals surface area contributed by atoms with Gasteiger partial charge in [-0.1, -0.05) is 31.0 Å². The number of hydrogen-bond acceptors (Lipinski definition) is 3. The fourth-order valence-corrected chi connectivity index (χ4v) is 4.88. The van der Waals surface area contributed by atoms with Crippen LogP contribution in [0.4, 0.5) is 0 Å². The number of thioether (sulfide) groups is 1. The fraction of sp³-hybridized carbons (Fsp3) is 0.643. The van der Waals surface area contributed by atoms with Crippen molar-refractivity contribution in [1.82, 2.24) is 5.32 Å². The lowest BCUT2D eigenvalue weighted by atomic mass is 9.83. The molecule has 1 spiro atoms. The molecule has 1 N–H and O–H groups in total. The normalized spacial score (nSPS) is 26.4. The summed E-state index contributed by atoms with van der Waals surface area (Å²) in [6.45, 7) is 2.18.